The first-order valence-electron chi connectivity index (χ1n) is 4.90. The molecule has 1 aromatic carbocycles. The molecule has 1 fully saturated rings. The van der Waals surface area contributed by atoms with Crippen molar-refractivity contribution in [2.75, 3.05) is 12.3 Å². The Labute approximate surface area is 88.0 Å². The van der Waals surface area contributed by atoms with Crippen LogP contribution in [0.1, 0.15) is 18.6 Å². The number of epoxide rings is 1. The Morgan fingerprint density at radius 2 is 2.13 bits per heavy atom. The molecule has 4 heteroatoms. The highest BCUT2D eigenvalue weighted by molar-refractivity contribution is 5.78. The average molecular weight is 207 g/mol. The van der Waals surface area contributed by atoms with Gasteiger partial charge in [0.2, 0.25) is 0 Å². The first-order valence-corrected chi connectivity index (χ1v) is 4.90. The summed E-state index contributed by atoms with van der Waals surface area (Å²) in [5, 5.41) is 0. The van der Waals surface area contributed by atoms with Gasteiger partial charge in [0, 0.05) is 5.69 Å². The van der Waals surface area contributed by atoms with Crippen LogP contribution in [-0.2, 0) is 14.3 Å². The predicted octanol–water partition coefficient (Wildman–Crippen LogP) is 1.27. The van der Waals surface area contributed by atoms with Gasteiger partial charge in [0.25, 0.3) is 0 Å². The zero-order valence-electron chi connectivity index (χ0n) is 8.47. The Hall–Kier alpha value is -1.55. The Kier molecular flexibility index (Phi) is 2.60. The summed E-state index contributed by atoms with van der Waals surface area (Å²) in [6, 6.07) is 7.30. The summed E-state index contributed by atoms with van der Waals surface area (Å²) >= 11 is 0. The lowest BCUT2D eigenvalue weighted by molar-refractivity contribution is -0.144. The van der Waals surface area contributed by atoms with E-state index in [0.29, 0.717) is 12.3 Å². The molecule has 80 valence electrons. The molecule has 2 atom stereocenters. The van der Waals surface area contributed by atoms with Crippen LogP contribution in [0.5, 0.6) is 0 Å². The van der Waals surface area contributed by atoms with E-state index in [1.54, 1.807) is 19.1 Å². The number of benzene rings is 1. The molecule has 0 bridgehead atoms. The average Bonchev–Trinajstić information content (AvgIpc) is 2.99. The molecule has 0 aromatic heterocycles. The van der Waals surface area contributed by atoms with Crippen molar-refractivity contribution in [2.45, 2.75) is 19.1 Å². The van der Waals surface area contributed by atoms with Crippen molar-refractivity contribution in [3.05, 3.63) is 29.8 Å². The SMILES string of the molecule is CCOC(=O)C1OC1c1ccc(N)cc1. The minimum Gasteiger partial charge on any atom is -0.464 e. The summed E-state index contributed by atoms with van der Waals surface area (Å²) in [7, 11) is 0. The van der Waals surface area contributed by atoms with Crippen molar-refractivity contribution < 1.29 is 14.3 Å². The van der Waals surface area contributed by atoms with E-state index in [-0.39, 0.29) is 12.1 Å². The van der Waals surface area contributed by atoms with Gasteiger partial charge in [-0.15, -0.1) is 0 Å². The summed E-state index contributed by atoms with van der Waals surface area (Å²) in [5.41, 5.74) is 7.22. The minimum absolute atomic E-state index is 0.162. The summed E-state index contributed by atoms with van der Waals surface area (Å²) in [4.78, 5) is 11.3. The third-order valence-electron chi connectivity index (χ3n) is 2.28. The van der Waals surface area contributed by atoms with E-state index in [4.69, 9.17) is 15.2 Å². The van der Waals surface area contributed by atoms with Crippen LogP contribution >= 0.6 is 0 Å². The van der Waals surface area contributed by atoms with E-state index in [2.05, 4.69) is 0 Å². The highest BCUT2D eigenvalue weighted by Crippen LogP contribution is 2.39. The lowest BCUT2D eigenvalue weighted by Crippen LogP contribution is -2.11. The van der Waals surface area contributed by atoms with Crippen LogP contribution in [0.3, 0.4) is 0 Å². The number of rotatable bonds is 3. The van der Waals surface area contributed by atoms with Crippen molar-refractivity contribution in [1.29, 1.82) is 0 Å². The van der Waals surface area contributed by atoms with Crippen LogP contribution in [-0.4, -0.2) is 18.7 Å². The monoisotopic (exact) mass is 207 g/mol. The third kappa shape index (κ3) is 2.10. The molecule has 2 unspecified atom stereocenters. The molecule has 1 saturated heterocycles. The van der Waals surface area contributed by atoms with Gasteiger partial charge < -0.3 is 15.2 Å². The van der Waals surface area contributed by atoms with Crippen molar-refractivity contribution in [3.8, 4) is 0 Å². The zero-order chi connectivity index (χ0) is 10.8. The van der Waals surface area contributed by atoms with E-state index < -0.39 is 6.10 Å². The van der Waals surface area contributed by atoms with E-state index in [0.717, 1.165) is 5.56 Å². The zero-order valence-corrected chi connectivity index (χ0v) is 8.47. The van der Waals surface area contributed by atoms with E-state index >= 15 is 0 Å². The van der Waals surface area contributed by atoms with Crippen LogP contribution in [0, 0.1) is 0 Å². The minimum atomic E-state index is -0.437. The number of carbonyl (C=O) groups excluding carboxylic acids is 1. The molecule has 0 radical (unpaired) electrons. The molecule has 1 aliphatic rings. The molecular weight excluding hydrogens is 194 g/mol. The molecule has 0 aliphatic carbocycles. The molecule has 0 saturated carbocycles. The Balaban J connectivity index is 1.98. The highest BCUT2D eigenvalue weighted by atomic mass is 16.6. The number of ether oxygens (including phenoxy) is 2. The summed E-state index contributed by atoms with van der Waals surface area (Å²) in [6.45, 7) is 2.16. The van der Waals surface area contributed by atoms with Crippen molar-refractivity contribution >= 4 is 11.7 Å². The number of nitrogens with two attached hydrogens (primary N) is 1. The molecule has 1 aliphatic heterocycles. The molecule has 1 heterocycles. The van der Waals surface area contributed by atoms with Crippen molar-refractivity contribution in [2.24, 2.45) is 0 Å². The number of nitrogen functional groups attached to an aromatic ring is 1. The van der Waals surface area contributed by atoms with Gasteiger partial charge in [-0.25, -0.2) is 4.79 Å². The second-order valence-electron chi connectivity index (χ2n) is 3.40. The van der Waals surface area contributed by atoms with Gasteiger partial charge in [-0.3, -0.25) is 0 Å². The maximum absolute atomic E-state index is 11.3. The largest absolute Gasteiger partial charge is 0.464 e. The van der Waals surface area contributed by atoms with Gasteiger partial charge in [-0.2, -0.15) is 0 Å². The van der Waals surface area contributed by atoms with E-state index in [1.165, 1.54) is 0 Å². The van der Waals surface area contributed by atoms with E-state index in [9.17, 15) is 4.79 Å². The number of esters is 1. The fraction of sp³-hybridized carbons (Fsp3) is 0.364. The van der Waals surface area contributed by atoms with Crippen LogP contribution in [0.4, 0.5) is 5.69 Å². The molecule has 15 heavy (non-hydrogen) atoms. The molecule has 2 N–H and O–H groups in total. The van der Waals surface area contributed by atoms with Crippen LogP contribution < -0.4 is 5.73 Å². The molecule has 1 aromatic rings. The Morgan fingerprint density at radius 3 is 2.73 bits per heavy atom. The number of hydrogen-bond acceptors (Lipinski definition) is 4. The highest BCUT2D eigenvalue weighted by Gasteiger charge is 2.47. The van der Waals surface area contributed by atoms with Crippen LogP contribution in [0.2, 0.25) is 0 Å². The van der Waals surface area contributed by atoms with Crippen LogP contribution in [0.15, 0.2) is 24.3 Å². The first kappa shape index (κ1) is 9.98. The van der Waals surface area contributed by atoms with Gasteiger partial charge in [-0.1, -0.05) is 12.1 Å². The van der Waals surface area contributed by atoms with Crippen molar-refractivity contribution in [3.63, 3.8) is 0 Å². The maximum atomic E-state index is 11.3. The number of carbonyl (C=O) groups is 1. The smallest absolute Gasteiger partial charge is 0.338 e. The Bertz CT molecular complexity index is 361. The normalized spacial score (nSPS) is 23.5. The standard InChI is InChI=1S/C11H13NO3/c1-2-14-11(13)10-9(15-10)7-3-5-8(12)6-4-7/h3-6,9-10H,2,12H2,1H3. The van der Waals surface area contributed by atoms with Gasteiger partial charge in [-0.05, 0) is 24.6 Å². The summed E-state index contributed by atoms with van der Waals surface area (Å²) in [5.74, 6) is -0.292. The fourth-order valence-corrected chi connectivity index (χ4v) is 1.46. The lowest BCUT2D eigenvalue weighted by atomic mass is 10.1. The predicted molar refractivity (Wildman–Crippen MR) is 55.1 cm³/mol. The van der Waals surface area contributed by atoms with E-state index in [1.807, 2.05) is 12.1 Å². The summed E-state index contributed by atoms with van der Waals surface area (Å²) in [6.07, 6.45) is -0.599. The molecule has 0 amide bonds. The van der Waals surface area contributed by atoms with Crippen LogP contribution in [0.25, 0.3) is 0 Å². The summed E-state index contributed by atoms with van der Waals surface area (Å²) < 4.78 is 10.1. The Morgan fingerprint density at radius 1 is 1.47 bits per heavy atom. The maximum Gasteiger partial charge on any atom is 0.338 e. The quantitative estimate of drug-likeness (QED) is 0.460. The molecule has 4 nitrogen and oxygen atoms in total. The van der Waals surface area contributed by atoms with Gasteiger partial charge in [0.15, 0.2) is 6.10 Å². The molecular formula is C11H13NO3. The molecule has 0 spiro atoms. The lowest BCUT2D eigenvalue weighted by Gasteiger charge is -1.98. The van der Waals surface area contributed by atoms with Gasteiger partial charge in [0.1, 0.15) is 6.10 Å². The number of anilines is 1. The molecule has 2 rings (SSSR count). The van der Waals surface area contributed by atoms with Crippen molar-refractivity contribution in [1.82, 2.24) is 0 Å². The number of hydrogen-bond donors (Lipinski definition) is 1. The fourth-order valence-electron chi connectivity index (χ4n) is 1.46. The van der Waals surface area contributed by atoms with Gasteiger partial charge in [0.05, 0.1) is 6.61 Å². The second-order valence-corrected chi connectivity index (χ2v) is 3.40. The third-order valence-corrected chi connectivity index (χ3v) is 2.28. The second kappa shape index (κ2) is 3.90. The topological polar surface area (TPSA) is 64.8 Å². The first-order chi connectivity index (χ1) is 7.22. The van der Waals surface area contributed by atoms with Gasteiger partial charge >= 0.3 is 5.97 Å².